The van der Waals surface area contributed by atoms with Crippen LogP contribution in [0, 0.1) is 6.92 Å². The van der Waals surface area contributed by atoms with Crippen molar-refractivity contribution >= 4 is 5.57 Å². The molecule has 0 fully saturated rings. The molecule has 2 N–H and O–H groups in total. The van der Waals surface area contributed by atoms with Gasteiger partial charge in [-0.2, -0.15) is 0 Å². The lowest BCUT2D eigenvalue weighted by atomic mass is 9.80. The lowest BCUT2D eigenvalue weighted by Crippen LogP contribution is -2.34. The van der Waals surface area contributed by atoms with E-state index in [-0.39, 0.29) is 0 Å². The first-order valence-corrected chi connectivity index (χ1v) is 9.30. The molecule has 1 heterocycles. The summed E-state index contributed by atoms with van der Waals surface area (Å²) in [5, 5.41) is 1.90. The number of hydrogen-bond acceptors (Lipinski definition) is 3. The van der Waals surface area contributed by atoms with E-state index in [4.69, 9.17) is 5.84 Å². The normalized spacial score (nSPS) is 15.5. The molecule has 0 amide bonds. The zero-order chi connectivity index (χ0) is 18.0. The van der Waals surface area contributed by atoms with Crippen molar-refractivity contribution in [1.82, 2.24) is 14.6 Å². The number of benzene rings is 1. The van der Waals surface area contributed by atoms with Gasteiger partial charge in [-0.25, -0.2) is 9.99 Å². The van der Waals surface area contributed by atoms with Crippen molar-refractivity contribution in [3.63, 3.8) is 0 Å². The molecule has 0 radical (unpaired) electrons. The molecule has 134 valence electrons. The van der Waals surface area contributed by atoms with Gasteiger partial charge in [-0.3, -0.25) is 5.84 Å². The number of hydrogen-bond donors (Lipinski definition) is 1. The van der Waals surface area contributed by atoms with E-state index in [0.717, 1.165) is 38.3 Å². The molecule has 0 aliphatic heterocycles. The van der Waals surface area contributed by atoms with Gasteiger partial charge in [0.15, 0.2) is 0 Å². The van der Waals surface area contributed by atoms with Gasteiger partial charge in [0.2, 0.25) is 0 Å². The van der Waals surface area contributed by atoms with Crippen molar-refractivity contribution in [2.24, 2.45) is 5.84 Å². The van der Waals surface area contributed by atoms with Crippen LogP contribution in [0.3, 0.4) is 0 Å². The Kier molecular flexibility index (Phi) is 5.40. The molecule has 3 rings (SSSR count). The van der Waals surface area contributed by atoms with Crippen LogP contribution in [0.1, 0.15) is 60.7 Å². The maximum absolute atomic E-state index is 6.09. The number of nitrogens with zero attached hydrogens (tertiary/aromatic N) is 3. The number of aryl methyl sites for hydroxylation is 1. The average Bonchev–Trinajstić information content (AvgIpc) is 2.99. The Hall–Kier alpha value is -1.91. The molecule has 1 aliphatic rings. The van der Waals surface area contributed by atoms with E-state index in [2.05, 4.69) is 49.0 Å². The van der Waals surface area contributed by atoms with E-state index in [9.17, 15) is 0 Å². The Morgan fingerprint density at radius 1 is 1.36 bits per heavy atom. The Morgan fingerprint density at radius 2 is 2.16 bits per heavy atom. The molecule has 0 saturated carbocycles. The summed E-state index contributed by atoms with van der Waals surface area (Å²) in [4.78, 5) is 4.35. The van der Waals surface area contributed by atoms with Crippen LogP contribution in [0.4, 0.5) is 0 Å². The SMILES string of the molecule is C=C1CCCc2c1cc(Cn1ccnc1C)cc2C(C)CN(N)CC. The third kappa shape index (κ3) is 3.86. The molecular weight excluding hydrogens is 308 g/mol. The number of imidazole rings is 1. The highest BCUT2D eigenvalue weighted by atomic mass is 15.4. The summed E-state index contributed by atoms with van der Waals surface area (Å²) in [5.41, 5.74) is 6.89. The van der Waals surface area contributed by atoms with E-state index in [0.29, 0.717) is 5.92 Å². The first kappa shape index (κ1) is 17.9. The number of likely N-dealkylation sites (N-methyl/N-ethyl adjacent to an activating group) is 1. The van der Waals surface area contributed by atoms with Crippen LogP contribution in [-0.2, 0) is 13.0 Å². The molecule has 0 saturated heterocycles. The summed E-state index contributed by atoms with van der Waals surface area (Å²) in [5.74, 6) is 7.54. The van der Waals surface area contributed by atoms with Gasteiger partial charge in [0.25, 0.3) is 0 Å². The Morgan fingerprint density at radius 3 is 2.84 bits per heavy atom. The van der Waals surface area contributed by atoms with Crippen molar-refractivity contribution in [3.05, 3.63) is 59.2 Å². The van der Waals surface area contributed by atoms with Gasteiger partial charge in [-0.05, 0) is 66.0 Å². The predicted molar refractivity (Wildman–Crippen MR) is 104 cm³/mol. The minimum absolute atomic E-state index is 0.411. The summed E-state index contributed by atoms with van der Waals surface area (Å²) in [6.07, 6.45) is 7.36. The Bertz CT molecular complexity index is 759. The van der Waals surface area contributed by atoms with Gasteiger partial charge >= 0.3 is 0 Å². The highest BCUT2D eigenvalue weighted by Crippen LogP contribution is 2.36. The van der Waals surface area contributed by atoms with Crippen molar-refractivity contribution in [2.45, 2.75) is 52.5 Å². The number of nitrogens with two attached hydrogens (primary N) is 1. The van der Waals surface area contributed by atoms with Gasteiger partial charge in [0.05, 0.1) is 0 Å². The Labute approximate surface area is 151 Å². The van der Waals surface area contributed by atoms with E-state index >= 15 is 0 Å². The molecule has 0 bridgehead atoms. The molecule has 2 aromatic rings. The first-order chi connectivity index (χ1) is 12.0. The topological polar surface area (TPSA) is 47.1 Å². The second-order valence-electron chi connectivity index (χ2n) is 7.26. The predicted octanol–water partition coefficient (Wildman–Crippen LogP) is 3.89. The van der Waals surface area contributed by atoms with Gasteiger partial charge in [-0.15, -0.1) is 0 Å². The van der Waals surface area contributed by atoms with E-state index < -0.39 is 0 Å². The lowest BCUT2D eigenvalue weighted by Gasteiger charge is -2.27. The second kappa shape index (κ2) is 7.54. The molecule has 25 heavy (non-hydrogen) atoms. The second-order valence-corrected chi connectivity index (χ2v) is 7.26. The smallest absolute Gasteiger partial charge is 0.105 e. The molecule has 1 aliphatic carbocycles. The fourth-order valence-electron chi connectivity index (χ4n) is 3.84. The van der Waals surface area contributed by atoms with Crippen molar-refractivity contribution in [2.75, 3.05) is 13.1 Å². The summed E-state index contributed by atoms with van der Waals surface area (Å²) in [6.45, 7) is 13.4. The third-order valence-electron chi connectivity index (χ3n) is 5.35. The van der Waals surface area contributed by atoms with Crippen molar-refractivity contribution in [1.29, 1.82) is 0 Å². The minimum atomic E-state index is 0.411. The van der Waals surface area contributed by atoms with Crippen LogP contribution in [0.2, 0.25) is 0 Å². The lowest BCUT2D eigenvalue weighted by molar-refractivity contribution is 0.283. The first-order valence-electron chi connectivity index (χ1n) is 9.30. The molecule has 1 aromatic carbocycles. The largest absolute Gasteiger partial charge is 0.331 e. The average molecular weight is 338 g/mol. The van der Waals surface area contributed by atoms with Crippen LogP contribution in [0.15, 0.2) is 31.1 Å². The van der Waals surface area contributed by atoms with Crippen molar-refractivity contribution < 1.29 is 0 Å². The molecule has 1 atom stereocenters. The quantitative estimate of drug-likeness (QED) is 0.642. The van der Waals surface area contributed by atoms with Crippen LogP contribution in [0.5, 0.6) is 0 Å². The highest BCUT2D eigenvalue weighted by molar-refractivity contribution is 5.70. The fraction of sp³-hybridized carbons (Fsp3) is 0.476. The van der Waals surface area contributed by atoms with E-state index in [1.54, 1.807) is 0 Å². The maximum Gasteiger partial charge on any atom is 0.105 e. The molecular formula is C21H30N4. The fourth-order valence-corrected chi connectivity index (χ4v) is 3.84. The molecule has 1 aromatic heterocycles. The molecule has 4 heteroatoms. The van der Waals surface area contributed by atoms with Gasteiger partial charge in [0, 0.05) is 32.0 Å². The Balaban J connectivity index is 2.00. The molecule has 0 spiro atoms. The van der Waals surface area contributed by atoms with Crippen LogP contribution < -0.4 is 5.84 Å². The summed E-state index contributed by atoms with van der Waals surface area (Å²) in [6, 6.07) is 4.72. The maximum atomic E-state index is 6.09. The molecule has 1 unspecified atom stereocenters. The number of aromatic nitrogens is 2. The number of fused-ring (bicyclic) bond motifs is 1. The van der Waals surface area contributed by atoms with Crippen LogP contribution >= 0.6 is 0 Å². The number of hydrazine groups is 1. The number of rotatable bonds is 6. The zero-order valence-electron chi connectivity index (χ0n) is 15.8. The van der Waals surface area contributed by atoms with Gasteiger partial charge in [-0.1, -0.05) is 26.5 Å². The summed E-state index contributed by atoms with van der Waals surface area (Å²) in [7, 11) is 0. The van der Waals surface area contributed by atoms with Crippen LogP contribution in [0.25, 0.3) is 5.57 Å². The van der Waals surface area contributed by atoms with E-state index in [1.807, 2.05) is 17.4 Å². The van der Waals surface area contributed by atoms with Gasteiger partial charge < -0.3 is 4.57 Å². The van der Waals surface area contributed by atoms with Gasteiger partial charge in [0.1, 0.15) is 5.82 Å². The minimum Gasteiger partial charge on any atom is -0.331 e. The standard InChI is InChI=1S/C21H30N4/c1-5-25(22)13-16(3)21-12-18(14-24-10-9-23-17(24)4)11-20-15(2)7-6-8-19(20)21/h9-12,16H,2,5-8,13-14,22H2,1,3-4H3. The highest BCUT2D eigenvalue weighted by Gasteiger charge is 2.21. The van der Waals surface area contributed by atoms with E-state index in [1.165, 1.54) is 34.2 Å². The van der Waals surface area contributed by atoms with Crippen LogP contribution in [-0.4, -0.2) is 27.6 Å². The van der Waals surface area contributed by atoms with Crippen molar-refractivity contribution in [3.8, 4) is 0 Å². The summed E-state index contributed by atoms with van der Waals surface area (Å²) >= 11 is 0. The zero-order valence-corrected chi connectivity index (χ0v) is 15.8. The monoisotopic (exact) mass is 338 g/mol. The number of allylic oxidation sites excluding steroid dienone is 1. The third-order valence-corrected chi connectivity index (χ3v) is 5.35. The summed E-state index contributed by atoms with van der Waals surface area (Å²) < 4.78 is 2.20. The molecule has 4 nitrogen and oxygen atoms in total.